The third-order valence-electron chi connectivity index (χ3n) is 4.72. The lowest BCUT2D eigenvalue weighted by Crippen LogP contribution is -2.35. The van der Waals surface area contributed by atoms with Crippen molar-refractivity contribution in [3.8, 4) is 5.00 Å². The number of rotatable bonds is 6. The summed E-state index contributed by atoms with van der Waals surface area (Å²) in [6.45, 7) is 4.42. The van der Waals surface area contributed by atoms with Gasteiger partial charge in [0.05, 0.1) is 5.56 Å². The molecule has 3 rings (SSSR count). The molecule has 0 saturated heterocycles. The molecule has 2 heterocycles. The molecule has 1 fully saturated rings. The fourth-order valence-corrected chi connectivity index (χ4v) is 4.40. The Morgan fingerprint density at radius 3 is 2.52 bits per heavy atom. The topological polar surface area (TPSA) is 63.1 Å². The van der Waals surface area contributed by atoms with Crippen molar-refractivity contribution in [2.45, 2.75) is 52.0 Å². The third-order valence-corrected chi connectivity index (χ3v) is 5.62. The highest BCUT2D eigenvalue weighted by Crippen LogP contribution is 2.25. The van der Waals surface area contributed by atoms with Crippen molar-refractivity contribution in [3.63, 3.8) is 0 Å². The molecule has 2 amide bonds. The van der Waals surface area contributed by atoms with Gasteiger partial charge >= 0.3 is 0 Å². The van der Waals surface area contributed by atoms with E-state index in [0.717, 1.165) is 29.2 Å². The number of carbonyl (C=O) groups is 2. The molecule has 1 aliphatic carbocycles. The molecule has 0 spiro atoms. The highest BCUT2D eigenvalue weighted by atomic mass is 32.1. The van der Waals surface area contributed by atoms with Crippen molar-refractivity contribution in [2.75, 3.05) is 6.54 Å². The summed E-state index contributed by atoms with van der Waals surface area (Å²) in [5.74, 6) is -0.104. The van der Waals surface area contributed by atoms with Crippen LogP contribution in [0.3, 0.4) is 0 Å². The van der Waals surface area contributed by atoms with Gasteiger partial charge in [0.1, 0.15) is 5.00 Å². The summed E-state index contributed by atoms with van der Waals surface area (Å²) in [6.07, 6.45) is 4.86. The zero-order valence-electron chi connectivity index (χ0n) is 14.8. The Kier molecular flexibility index (Phi) is 5.58. The fraction of sp³-hybridized carbons (Fsp3) is 0.474. The Hall–Kier alpha value is -2.08. The van der Waals surface area contributed by atoms with Crippen LogP contribution in [-0.2, 0) is 4.79 Å². The van der Waals surface area contributed by atoms with Crippen LogP contribution < -0.4 is 10.6 Å². The molecular formula is C19H25N3O2S. The van der Waals surface area contributed by atoms with E-state index >= 15 is 0 Å². The van der Waals surface area contributed by atoms with Gasteiger partial charge in [0, 0.05) is 30.4 Å². The number of hydrogen-bond acceptors (Lipinski definition) is 3. The molecule has 2 aromatic heterocycles. The maximum atomic E-state index is 12.5. The fourth-order valence-electron chi connectivity index (χ4n) is 3.39. The quantitative estimate of drug-likeness (QED) is 0.831. The Labute approximate surface area is 152 Å². The highest BCUT2D eigenvalue weighted by Gasteiger charge is 2.18. The van der Waals surface area contributed by atoms with E-state index < -0.39 is 0 Å². The molecular weight excluding hydrogens is 334 g/mol. The first-order valence-corrected chi connectivity index (χ1v) is 9.74. The van der Waals surface area contributed by atoms with Gasteiger partial charge in [0.25, 0.3) is 5.91 Å². The second kappa shape index (κ2) is 7.87. The zero-order chi connectivity index (χ0) is 17.8. The molecule has 0 aliphatic heterocycles. The number of aryl methyl sites for hydroxylation is 2. The molecule has 2 aromatic rings. The summed E-state index contributed by atoms with van der Waals surface area (Å²) < 4.78 is 2.09. The van der Waals surface area contributed by atoms with Crippen LogP contribution in [0.25, 0.3) is 5.00 Å². The SMILES string of the molecule is Cc1ccc(C)n1-c1sccc1C(=O)NCCC(=O)NC1CCCC1. The van der Waals surface area contributed by atoms with E-state index in [4.69, 9.17) is 0 Å². The Balaban J connectivity index is 1.56. The van der Waals surface area contributed by atoms with Gasteiger partial charge in [-0.15, -0.1) is 11.3 Å². The number of hydrogen-bond donors (Lipinski definition) is 2. The first-order valence-electron chi connectivity index (χ1n) is 8.86. The molecule has 1 aliphatic rings. The second-order valence-corrected chi connectivity index (χ2v) is 7.54. The van der Waals surface area contributed by atoms with Crippen molar-refractivity contribution < 1.29 is 9.59 Å². The lowest BCUT2D eigenvalue weighted by Gasteiger charge is -2.13. The van der Waals surface area contributed by atoms with Crippen molar-refractivity contribution in [2.24, 2.45) is 0 Å². The molecule has 5 nitrogen and oxygen atoms in total. The van der Waals surface area contributed by atoms with E-state index in [9.17, 15) is 9.59 Å². The maximum absolute atomic E-state index is 12.5. The van der Waals surface area contributed by atoms with E-state index in [1.54, 1.807) is 11.3 Å². The largest absolute Gasteiger partial charge is 0.353 e. The van der Waals surface area contributed by atoms with Crippen LogP contribution in [0.1, 0.15) is 53.8 Å². The molecule has 0 radical (unpaired) electrons. The van der Waals surface area contributed by atoms with Gasteiger partial charge in [-0.3, -0.25) is 9.59 Å². The molecule has 2 N–H and O–H groups in total. The smallest absolute Gasteiger partial charge is 0.254 e. The van der Waals surface area contributed by atoms with Gasteiger partial charge in [-0.05, 0) is 50.3 Å². The predicted molar refractivity (Wildman–Crippen MR) is 100 cm³/mol. The maximum Gasteiger partial charge on any atom is 0.254 e. The summed E-state index contributed by atoms with van der Waals surface area (Å²) in [7, 11) is 0. The number of nitrogens with zero attached hydrogens (tertiary/aromatic N) is 1. The average Bonchev–Trinajstić information content (AvgIpc) is 3.29. The van der Waals surface area contributed by atoms with Crippen LogP contribution >= 0.6 is 11.3 Å². The Morgan fingerprint density at radius 1 is 1.16 bits per heavy atom. The van der Waals surface area contributed by atoms with Gasteiger partial charge in [0.15, 0.2) is 0 Å². The first kappa shape index (κ1) is 17.7. The molecule has 0 bridgehead atoms. The van der Waals surface area contributed by atoms with Crippen molar-refractivity contribution in [3.05, 3.63) is 40.5 Å². The molecule has 0 atom stereocenters. The standard InChI is InChI=1S/C19H25N3O2S/c1-13-7-8-14(2)22(13)19-16(10-12-25-19)18(24)20-11-9-17(23)21-15-5-3-4-6-15/h7-8,10,12,15H,3-6,9,11H2,1-2H3,(H,20,24)(H,21,23). The Morgan fingerprint density at radius 2 is 1.84 bits per heavy atom. The third kappa shape index (κ3) is 4.12. The Bertz CT molecular complexity index is 737. The minimum atomic E-state index is -0.127. The van der Waals surface area contributed by atoms with Crippen molar-refractivity contribution in [1.29, 1.82) is 0 Å². The molecule has 0 unspecified atom stereocenters. The van der Waals surface area contributed by atoms with Gasteiger partial charge in [-0.25, -0.2) is 0 Å². The summed E-state index contributed by atoms with van der Waals surface area (Å²) in [4.78, 5) is 24.5. The lowest BCUT2D eigenvalue weighted by molar-refractivity contribution is -0.121. The predicted octanol–water partition coefficient (Wildman–Crippen LogP) is 3.33. The second-order valence-electron chi connectivity index (χ2n) is 6.65. The monoisotopic (exact) mass is 359 g/mol. The summed E-state index contributed by atoms with van der Waals surface area (Å²) in [5.41, 5.74) is 2.86. The molecule has 0 aromatic carbocycles. The van der Waals surface area contributed by atoms with Gasteiger partial charge in [-0.2, -0.15) is 0 Å². The van der Waals surface area contributed by atoms with E-state index in [2.05, 4.69) is 15.2 Å². The first-order chi connectivity index (χ1) is 12.1. The van der Waals surface area contributed by atoms with Crippen LogP contribution in [0.5, 0.6) is 0 Å². The van der Waals surface area contributed by atoms with Crippen molar-refractivity contribution in [1.82, 2.24) is 15.2 Å². The summed E-state index contributed by atoms with van der Waals surface area (Å²) in [6, 6.07) is 6.26. The van der Waals surface area contributed by atoms with Gasteiger partial charge < -0.3 is 15.2 Å². The lowest BCUT2D eigenvalue weighted by atomic mass is 10.2. The van der Waals surface area contributed by atoms with Gasteiger partial charge in [-0.1, -0.05) is 12.8 Å². The van der Waals surface area contributed by atoms with Crippen LogP contribution in [0.15, 0.2) is 23.6 Å². The van der Waals surface area contributed by atoms with E-state index in [1.165, 1.54) is 12.8 Å². The zero-order valence-corrected chi connectivity index (χ0v) is 15.6. The summed E-state index contributed by atoms with van der Waals surface area (Å²) in [5, 5.41) is 8.77. The van der Waals surface area contributed by atoms with Crippen molar-refractivity contribution >= 4 is 23.2 Å². The number of aromatic nitrogens is 1. The number of nitrogens with one attached hydrogen (secondary N) is 2. The van der Waals surface area contributed by atoms with E-state index in [0.29, 0.717) is 24.6 Å². The number of amides is 2. The average molecular weight is 359 g/mol. The van der Waals surface area contributed by atoms with Crippen LogP contribution in [0.4, 0.5) is 0 Å². The molecule has 25 heavy (non-hydrogen) atoms. The van der Waals surface area contributed by atoms with Crippen LogP contribution in [-0.4, -0.2) is 29.0 Å². The molecule has 1 saturated carbocycles. The van der Waals surface area contributed by atoms with Gasteiger partial charge in [0.2, 0.25) is 5.91 Å². The number of thiophene rings is 1. The molecule has 6 heteroatoms. The van der Waals surface area contributed by atoms with Crippen LogP contribution in [0.2, 0.25) is 0 Å². The highest BCUT2D eigenvalue weighted by molar-refractivity contribution is 7.13. The normalized spacial score (nSPS) is 14.6. The minimum absolute atomic E-state index is 0.0230. The van der Waals surface area contributed by atoms with E-state index in [-0.39, 0.29) is 11.8 Å². The number of carbonyl (C=O) groups excluding carboxylic acids is 2. The van der Waals surface area contributed by atoms with Crippen LogP contribution in [0, 0.1) is 13.8 Å². The summed E-state index contributed by atoms with van der Waals surface area (Å²) >= 11 is 1.55. The minimum Gasteiger partial charge on any atom is -0.353 e. The van der Waals surface area contributed by atoms with E-state index in [1.807, 2.05) is 37.4 Å². The molecule has 134 valence electrons.